The number of halogens is 1. The van der Waals surface area contributed by atoms with Gasteiger partial charge < -0.3 is 14.5 Å². The standard InChI is InChI=1S/C16H22FN3O4/c1-11-9-13(14(20(22)23)10-12(11)17)18-5-7-19(8-6-18)15(21)24-16(2,3)4/h9-10H,5-8H2,1-4H3. The topological polar surface area (TPSA) is 75.9 Å². The van der Waals surface area contributed by atoms with Crippen LogP contribution < -0.4 is 4.90 Å². The Labute approximate surface area is 140 Å². The molecule has 1 aromatic rings. The van der Waals surface area contributed by atoms with Gasteiger partial charge in [-0.25, -0.2) is 9.18 Å². The van der Waals surface area contributed by atoms with Crippen molar-refractivity contribution in [2.75, 3.05) is 31.1 Å². The summed E-state index contributed by atoms with van der Waals surface area (Å²) in [7, 11) is 0. The molecular formula is C16H22FN3O4. The summed E-state index contributed by atoms with van der Waals surface area (Å²) in [6.45, 7) is 8.59. The summed E-state index contributed by atoms with van der Waals surface area (Å²) in [5, 5.41) is 11.2. The second-order valence-corrected chi connectivity index (χ2v) is 6.80. The maximum Gasteiger partial charge on any atom is 0.410 e. The fourth-order valence-electron chi connectivity index (χ4n) is 2.51. The zero-order valence-corrected chi connectivity index (χ0v) is 14.3. The number of hydrogen-bond donors (Lipinski definition) is 0. The minimum atomic E-state index is -0.599. The SMILES string of the molecule is Cc1cc(N2CCN(C(=O)OC(C)(C)C)CC2)c([N+](=O)[O-])cc1F. The number of rotatable bonds is 2. The monoisotopic (exact) mass is 339 g/mol. The molecular weight excluding hydrogens is 317 g/mol. The number of ether oxygens (including phenoxy) is 1. The fraction of sp³-hybridized carbons (Fsp3) is 0.562. The van der Waals surface area contributed by atoms with Crippen LogP contribution >= 0.6 is 0 Å². The smallest absolute Gasteiger partial charge is 0.410 e. The van der Waals surface area contributed by atoms with Crippen LogP contribution in [0.4, 0.5) is 20.6 Å². The molecule has 1 saturated heterocycles. The van der Waals surface area contributed by atoms with E-state index in [1.54, 1.807) is 37.5 Å². The largest absolute Gasteiger partial charge is 0.444 e. The molecule has 1 aliphatic heterocycles. The zero-order chi connectivity index (χ0) is 18.1. The summed E-state index contributed by atoms with van der Waals surface area (Å²) in [4.78, 5) is 26.0. The van der Waals surface area contributed by atoms with Gasteiger partial charge in [0.05, 0.1) is 11.0 Å². The van der Waals surface area contributed by atoms with E-state index in [0.717, 1.165) is 6.07 Å². The quantitative estimate of drug-likeness (QED) is 0.611. The number of anilines is 1. The molecule has 24 heavy (non-hydrogen) atoms. The lowest BCUT2D eigenvalue weighted by molar-refractivity contribution is -0.384. The number of piperazine rings is 1. The van der Waals surface area contributed by atoms with Gasteiger partial charge in [0.25, 0.3) is 5.69 Å². The highest BCUT2D eigenvalue weighted by Crippen LogP contribution is 2.31. The highest BCUT2D eigenvalue weighted by atomic mass is 19.1. The second-order valence-electron chi connectivity index (χ2n) is 6.80. The Morgan fingerprint density at radius 2 is 1.83 bits per heavy atom. The van der Waals surface area contributed by atoms with Crippen molar-refractivity contribution in [2.45, 2.75) is 33.3 Å². The number of nitro groups is 1. The maximum absolute atomic E-state index is 13.6. The van der Waals surface area contributed by atoms with E-state index in [1.165, 1.54) is 6.07 Å². The van der Waals surface area contributed by atoms with Crippen molar-refractivity contribution in [1.29, 1.82) is 0 Å². The molecule has 0 unspecified atom stereocenters. The van der Waals surface area contributed by atoms with Crippen molar-refractivity contribution in [3.05, 3.63) is 33.6 Å². The molecule has 1 amide bonds. The number of carbonyl (C=O) groups excluding carboxylic acids is 1. The van der Waals surface area contributed by atoms with Crippen molar-refractivity contribution in [1.82, 2.24) is 4.90 Å². The molecule has 8 heteroatoms. The van der Waals surface area contributed by atoms with Crippen molar-refractivity contribution >= 4 is 17.5 Å². The Balaban J connectivity index is 2.11. The lowest BCUT2D eigenvalue weighted by atomic mass is 10.1. The minimum Gasteiger partial charge on any atom is -0.444 e. The number of aryl methyl sites for hydroxylation is 1. The van der Waals surface area contributed by atoms with E-state index in [0.29, 0.717) is 37.4 Å². The third-order valence-corrected chi connectivity index (χ3v) is 3.72. The van der Waals surface area contributed by atoms with Gasteiger partial charge in [0.15, 0.2) is 0 Å². The van der Waals surface area contributed by atoms with Gasteiger partial charge in [-0.3, -0.25) is 10.1 Å². The van der Waals surface area contributed by atoms with Gasteiger partial charge >= 0.3 is 6.09 Å². The van der Waals surface area contributed by atoms with E-state index < -0.39 is 22.4 Å². The van der Waals surface area contributed by atoms with Gasteiger partial charge in [-0.15, -0.1) is 0 Å². The van der Waals surface area contributed by atoms with Gasteiger partial charge in [0.2, 0.25) is 0 Å². The van der Waals surface area contributed by atoms with Crippen LogP contribution in [0.2, 0.25) is 0 Å². The summed E-state index contributed by atoms with van der Waals surface area (Å²) < 4.78 is 18.9. The van der Waals surface area contributed by atoms with Crippen molar-refractivity contribution in [3.8, 4) is 0 Å². The Hall–Kier alpha value is -2.38. The Morgan fingerprint density at radius 3 is 2.33 bits per heavy atom. The Morgan fingerprint density at radius 1 is 1.25 bits per heavy atom. The van der Waals surface area contributed by atoms with Crippen LogP contribution in [-0.4, -0.2) is 47.7 Å². The first-order chi connectivity index (χ1) is 11.1. The van der Waals surface area contributed by atoms with E-state index in [-0.39, 0.29) is 5.69 Å². The normalized spacial score (nSPS) is 15.4. The second kappa shape index (κ2) is 6.62. The van der Waals surface area contributed by atoms with E-state index in [9.17, 15) is 19.3 Å². The summed E-state index contributed by atoms with van der Waals surface area (Å²) in [6, 6.07) is 2.43. The third kappa shape index (κ3) is 4.12. The molecule has 2 rings (SSSR count). The van der Waals surface area contributed by atoms with Crippen LogP contribution in [0.1, 0.15) is 26.3 Å². The minimum absolute atomic E-state index is 0.260. The van der Waals surface area contributed by atoms with Crippen LogP contribution in [0.25, 0.3) is 0 Å². The van der Waals surface area contributed by atoms with Crippen LogP contribution in [0.5, 0.6) is 0 Å². The molecule has 0 aromatic heterocycles. The molecule has 0 aliphatic carbocycles. The predicted molar refractivity (Wildman–Crippen MR) is 87.8 cm³/mol. The number of benzene rings is 1. The number of nitrogens with zero attached hydrogens (tertiary/aromatic N) is 3. The van der Waals surface area contributed by atoms with Gasteiger partial charge in [-0.1, -0.05) is 0 Å². The lowest BCUT2D eigenvalue weighted by Crippen LogP contribution is -2.50. The first-order valence-corrected chi connectivity index (χ1v) is 7.76. The average Bonchev–Trinajstić information content (AvgIpc) is 2.48. The molecule has 0 N–H and O–H groups in total. The van der Waals surface area contributed by atoms with Crippen molar-refractivity contribution < 1.29 is 18.8 Å². The van der Waals surface area contributed by atoms with Crippen LogP contribution in [-0.2, 0) is 4.74 Å². The molecule has 0 saturated carbocycles. The van der Waals surface area contributed by atoms with E-state index >= 15 is 0 Å². The molecule has 7 nitrogen and oxygen atoms in total. The summed E-state index contributed by atoms with van der Waals surface area (Å²) in [5.41, 5.74) is -0.0992. The fourth-order valence-corrected chi connectivity index (χ4v) is 2.51. The Bertz CT molecular complexity index is 649. The molecule has 0 spiro atoms. The number of amides is 1. The van der Waals surface area contributed by atoms with Gasteiger partial charge in [0, 0.05) is 26.2 Å². The first-order valence-electron chi connectivity index (χ1n) is 7.76. The molecule has 132 valence electrons. The molecule has 0 radical (unpaired) electrons. The predicted octanol–water partition coefficient (Wildman–Crippen LogP) is 3.10. The number of hydrogen-bond acceptors (Lipinski definition) is 5. The molecule has 1 heterocycles. The van der Waals surface area contributed by atoms with E-state index in [4.69, 9.17) is 4.74 Å². The first kappa shape index (κ1) is 18.0. The zero-order valence-electron chi connectivity index (χ0n) is 14.3. The van der Waals surface area contributed by atoms with E-state index in [2.05, 4.69) is 0 Å². The van der Waals surface area contributed by atoms with Crippen molar-refractivity contribution in [2.24, 2.45) is 0 Å². The third-order valence-electron chi connectivity index (χ3n) is 3.72. The average molecular weight is 339 g/mol. The number of carbonyl (C=O) groups is 1. The molecule has 0 atom stereocenters. The molecule has 1 aromatic carbocycles. The van der Waals surface area contributed by atoms with Gasteiger partial charge in [-0.2, -0.15) is 0 Å². The molecule has 0 bridgehead atoms. The van der Waals surface area contributed by atoms with Crippen molar-refractivity contribution in [3.63, 3.8) is 0 Å². The number of nitro benzene ring substituents is 1. The highest BCUT2D eigenvalue weighted by molar-refractivity contribution is 5.69. The highest BCUT2D eigenvalue weighted by Gasteiger charge is 2.29. The molecule has 1 aliphatic rings. The lowest BCUT2D eigenvalue weighted by Gasteiger charge is -2.36. The summed E-state index contributed by atoms with van der Waals surface area (Å²) in [6.07, 6.45) is -0.396. The van der Waals surface area contributed by atoms with Crippen LogP contribution in [0, 0.1) is 22.9 Å². The van der Waals surface area contributed by atoms with Crippen LogP contribution in [0.3, 0.4) is 0 Å². The van der Waals surface area contributed by atoms with Gasteiger partial charge in [-0.05, 0) is 39.3 Å². The van der Waals surface area contributed by atoms with Gasteiger partial charge in [0.1, 0.15) is 17.1 Å². The van der Waals surface area contributed by atoms with E-state index in [1.807, 2.05) is 0 Å². The summed E-state index contributed by atoms with van der Waals surface area (Å²) in [5.74, 6) is -0.599. The summed E-state index contributed by atoms with van der Waals surface area (Å²) >= 11 is 0. The van der Waals surface area contributed by atoms with Crippen LogP contribution in [0.15, 0.2) is 12.1 Å². The molecule has 1 fully saturated rings. The Kier molecular flexibility index (Phi) is 4.96. The maximum atomic E-state index is 13.6.